The minimum absolute atomic E-state index is 0.155. The molecule has 3 N–H and O–H groups in total. The van der Waals surface area contributed by atoms with Crippen LogP contribution in [-0.2, 0) is 16.6 Å². The third kappa shape index (κ3) is 3.68. The van der Waals surface area contributed by atoms with Gasteiger partial charge in [0.1, 0.15) is 10.7 Å². The normalized spacial score (nSPS) is 13.3. The van der Waals surface area contributed by atoms with Gasteiger partial charge in [-0.15, -0.1) is 11.3 Å². The van der Waals surface area contributed by atoms with Crippen molar-refractivity contribution in [2.75, 3.05) is 0 Å². The molecule has 1 atom stereocenters. The standard InChI is InChI=1S/C14H17FN2O2S2/c1-9-3-6-13(20-9)10(2)17-21(18,19)14-7-11(8-16)4-5-12(14)15/h3-7,10,17H,8,16H2,1-2H3. The van der Waals surface area contributed by atoms with Crippen LogP contribution in [-0.4, -0.2) is 8.42 Å². The van der Waals surface area contributed by atoms with Gasteiger partial charge in [-0.1, -0.05) is 6.07 Å². The molecule has 0 saturated heterocycles. The van der Waals surface area contributed by atoms with Gasteiger partial charge in [0.15, 0.2) is 0 Å². The minimum atomic E-state index is -3.94. The van der Waals surface area contributed by atoms with E-state index in [9.17, 15) is 12.8 Å². The molecule has 2 aromatic rings. The van der Waals surface area contributed by atoms with Crippen molar-refractivity contribution in [3.05, 3.63) is 51.5 Å². The number of thiophene rings is 1. The highest BCUT2D eigenvalue weighted by molar-refractivity contribution is 7.89. The molecule has 2 rings (SSSR count). The van der Waals surface area contributed by atoms with E-state index in [0.29, 0.717) is 5.56 Å². The highest BCUT2D eigenvalue weighted by atomic mass is 32.2. The Kier molecular flexibility index (Phi) is 4.77. The fourth-order valence-electron chi connectivity index (χ4n) is 1.92. The molecule has 0 fully saturated rings. The van der Waals surface area contributed by atoms with Gasteiger partial charge < -0.3 is 5.73 Å². The molecule has 0 amide bonds. The minimum Gasteiger partial charge on any atom is -0.326 e. The van der Waals surface area contributed by atoms with E-state index >= 15 is 0 Å². The maximum atomic E-state index is 13.8. The molecule has 0 spiro atoms. The molecule has 0 aliphatic heterocycles. The smallest absolute Gasteiger partial charge is 0.244 e. The molecule has 0 radical (unpaired) electrons. The second-order valence-electron chi connectivity index (χ2n) is 4.76. The molecule has 0 aliphatic carbocycles. The van der Waals surface area contributed by atoms with Gasteiger partial charge in [0.2, 0.25) is 10.0 Å². The Morgan fingerprint density at radius 3 is 2.62 bits per heavy atom. The van der Waals surface area contributed by atoms with Gasteiger partial charge in [-0.3, -0.25) is 0 Å². The Hall–Kier alpha value is -1.28. The first-order valence-corrected chi connectivity index (χ1v) is 8.70. The van der Waals surface area contributed by atoms with Crippen molar-refractivity contribution in [3.63, 3.8) is 0 Å². The topological polar surface area (TPSA) is 72.2 Å². The summed E-state index contributed by atoms with van der Waals surface area (Å²) in [7, 11) is -3.94. The second kappa shape index (κ2) is 6.23. The van der Waals surface area contributed by atoms with Crippen LogP contribution in [0, 0.1) is 12.7 Å². The van der Waals surface area contributed by atoms with Crippen LogP contribution < -0.4 is 10.5 Å². The van der Waals surface area contributed by atoms with E-state index < -0.39 is 21.9 Å². The molecule has 0 saturated carbocycles. The quantitative estimate of drug-likeness (QED) is 0.886. The summed E-state index contributed by atoms with van der Waals surface area (Å²) in [5.74, 6) is -0.783. The van der Waals surface area contributed by atoms with Crippen molar-refractivity contribution in [1.82, 2.24) is 4.72 Å². The monoisotopic (exact) mass is 328 g/mol. The van der Waals surface area contributed by atoms with E-state index in [4.69, 9.17) is 5.73 Å². The molecule has 1 heterocycles. The maximum absolute atomic E-state index is 13.8. The van der Waals surface area contributed by atoms with Crippen LogP contribution in [0.5, 0.6) is 0 Å². The number of nitrogens with one attached hydrogen (secondary N) is 1. The zero-order valence-electron chi connectivity index (χ0n) is 11.8. The van der Waals surface area contributed by atoms with E-state index in [2.05, 4.69) is 4.72 Å². The summed E-state index contributed by atoms with van der Waals surface area (Å²) in [6, 6.07) is 7.22. The first-order chi connectivity index (χ1) is 9.83. The average molecular weight is 328 g/mol. The Morgan fingerprint density at radius 1 is 1.33 bits per heavy atom. The lowest BCUT2D eigenvalue weighted by molar-refractivity contribution is 0.547. The lowest BCUT2D eigenvalue weighted by Crippen LogP contribution is -2.27. The number of hydrogen-bond acceptors (Lipinski definition) is 4. The van der Waals surface area contributed by atoms with Gasteiger partial charge in [0.25, 0.3) is 0 Å². The first kappa shape index (κ1) is 16.1. The predicted molar refractivity (Wildman–Crippen MR) is 82.1 cm³/mol. The lowest BCUT2D eigenvalue weighted by Gasteiger charge is -2.14. The molecular weight excluding hydrogens is 311 g/mol. The third-order valence-corrected chi connectivity index (χ3v) is 5.78. The van der Waals surface area contributed by atoms with Gasteiger partial charge >= 0.3 is 0 Å². The van der Waals surface area contributed by atoms with E-state index in [0.717, 1.165) is 15.8 Å². The largest absolute Gasteiger partial charge is 0.326 e. The number of benzene rings is 1. The molecule has 1 unspecified atom stereocenters. The van der Waals surface area contributed by atoms with Crippen LogP contribution in [0.1, 0.15) is 28.3 Å². The van der Waals surface area contributed by atoms with Gasteiger partial charge in [-0.05, 0) is 43.7 Å². The van der Waals surface area contributed by atoms with Crippen molar-refractivity contribution in [1.29, 1.82) is 0 Å². The number of sulfonamides is 1. The van der Waals surface area contributed by atoms with E-state index in [1.54, 1.807) is 6.92 Å². The van der Waals surface area contributed by atoms with Crippen molar-refractivity contribution in [2.45, 2.75) is 31.3 Å². The number of halogens is 1. The van der Waals surface area contributed by atoms with Gasteiger partial charge in [0.05, 0.1) is 6.04 Å². The van der Waals surface area contributed by atoms with Crippen LogP contribution in [0.15, 0.2) is 35.2 Å². The van der Waals surface area contributed by atoms with Crippen molar-refractivity contribution in [2.24, 2.45) is 5.73 Å². The SMILES string of the molecule is Cc1ccc(C(C)NS(=O)(=O)c2cc(CN)ccc2F)s1. The number of aryl methyl sites for hydroxylation is 1. The highest BCUT2D eigenvalue weighted by Gasteiger charge is 2.23. The summed E-state index contributed by atoms with van der Waals surface area (Å²) in [4.78, 5) is 1.60. The molecule has 1 aromatic carbocycles. The number of hydrogen-bond donors (Lipinski definition) is 2. The Balaban J connectivity index is 2.30. The van der Waals surface area contributed by atoms with Crippen LogP contribution in [0.2, 0.25) is 0 Å². The molecule has 21 heavy (non-hydrogen) atoms. The molecule has 4 nitrogen and oxygen atoms in total. The van der Waals surface area contributed by atoms with Crippen LogP contribution in [0.4, 0.5) is 4.39 Å². The zero-order valence-corrected chi connectivity index (χ0v) is 13.4. The summed E-state index contributed by atoms with van der Waals surface area (Å²) in [5.41, 5.74) is 6.04. The molecule has 7 heteroatoms. The fraction of sp³-hybridized carbons (Fsp3) is 0.286. The zero-order chi connectivity index (χ0) is 15.6. The molecule has 0 bridgehead atoms. The molecule has 114 valence electrons. The van der Waals surface area contributed by atoms with Crippen LogP contribution in [0.3, 0.4) is 0 Å². The van der Waals surface area contributed by atoms with E-state index in [1.807, 2.05) is 19.1 Å². The molecular formula is C14H17FN2O2S2. The lowest BCUT2D eigenvalue weighted by atomic mass is 10.2. The van der Waals surface area contributed by atoms with Crippen LogP contribution >= 0.6 is 11.3 Å². The fourth-order valence-corrected chi connectivity index (χ4v) is 4.23. The Morgan fingerprint density at radius 2 is 2.05 bits per heavy atom. The number of nitrogens with two attached hydrogens (primary N) is 1. The summed E-state index contributed by atoms with van der Waals surface area (Å²) >= 11 is 1.50. The van der Waals surface area contributed by atoms with Crippen molar-refractivity contribution >= 4 is 21.4 Å². The van der Waals surface area contributed by atoms with Gasteiger partial charge in [-0.2, -0.15) is 0 Å². The Bertz CT molecular complexity index is 741. The summed E-state index contributed by atoms with van der Waals surface area (Å²) in [6.07, 6.45) is 0. The van der Waals surface area contributed by atoms with Crippen molar-refractivity contribution < 1.29 is 12.8 Å². The summed E-state index contributed by atoms with van der Waals surface area (Å²) in [5, 5.41) is 0. The van der Waals surface area contributed by atoms with E-state index in [-0.39, 0.29) is 11.4 Å². The van der Waals surface area contributed by atoms with Gasteiger partial charge in [0, 0.05) is 16.3 Å². The summed E-state index contributed by atoms with van der Waals surface area (Å²) < 4.78 is 40.9. The Labute approximate surface area is 127 Å². The highest BCUT2D eigenvalue weighted by Crippen LogP contribution is 2.25. The third-order valence-electron chi connectivity index (χ3n) is 3.04. The second-order valence-corrected chi connectivity index (χ2v) is 7.76. The molecule has 1 aromatic heterocycles. The first-order valence-electron chi connectivity index (χ1n) is 6.40. The average Bonchev–Trinajstić information content (AvgIpc) is 2.85. The maximum Gasteiger partial charge on any atom is 0.244 e. The summed E-state index contributed by atoms with van der Waals surface area (Å²) in [6.45, 7) is 3.83. The number of rotatable bonds is 5. The van der Waals surface area contributed by atoms with Gasteiger partial charge in [-0.25, -0.2) is 17.5 Å². The predicted octanol–water partition coefficient (Wildman–Crippen LogP) is 2.69. The van der Waals surface area contributed by atoms with Crippen molar-refractivity contribution in [3.8, 4) is 0 Å². The van der Waals surface area contributed by atoms with Crippen LogP contribution in [0.25, 0.3) is 0 Å². The van der Waals surface area contributed by atoms with E-state index in [1.165, 1.54) is 23.5 Å². The molecule has 0 aliphatic rings.